The maximum atomic E-state index is 13.0. The highest BCUT2D eigenvalue weighted by Crippen LogP contribution is 2.22. The molecule has 1 amide bonds. The van der Waals surface area contributed by atoms with Gasteiger partial charge in [0.25, 0.3) is 0 Å². The maximum Gasteiger partial charge on any atom is 0.244 e. The number of hydrogen-bond acceptors (Lipinski definition) is 3. The Morgan fingerprint density at radius 1 is 0.750 bits per heavy atom. The quantitative estimate of drug-likeness (QED) is 0.459. The molecule has 1 aliphatic rings. The molecule has 1 aliphatic heterocycles. The number of anilines is 2. The van der Waals surface area contributed by atoms with Crippen molar-refractivity contribution in [2.45, 2.75) is 32.2 Å². The van der Waals surface area contributed by atoms with Crippen molar-refractivity contribution >= 4 is 39.1 Å². The standard InChI is InChI=1S/C27H27N3O2/c31-26(28-20-13-15-21(16-14-20)29-17-7-1-2-8-18-29)19-30-24-11-5-3-9-22(24)27(32)23-10-4-6-12-25(23)30/h3-6,9-16H,1-2,7-8,17-19H2,(H,28,31). The second-order valence-electron chi connectivity index (χ2n) is 8.45. The van der Waals surface area contributed by atoms with Crippen molar-refractivity contribution in [1.82, 2.24) is 4.57 Å². The Morgan fingerprint density at radius 2 is 1.31 bits per heavy atom. The number of fused-ring (bicyclic) bond motifs is 2. The normalized spacial score (nSPS) is 14.4. The van der Waals surface area contributed by atoms with Gasteiger partial charge in [-0.3, -0.25) is 9.59 Å². The lowest BCUT2D eigenvalue weighted by molar-refractivity contribution is -0.116. The summed E-state index contributed by atoms with van der Waals surface area (Å²) >= 11 is 0. The highest BCUT2D eigenvalue weighted by molar-refractivity contribution is 5.97. The Labute approximate surface area is 187 Å². The van der Waals surface area contributed by atoms with Crippen molar-refractivity contribution < 1.29 is 4.79 Å². The third-order valence-electron chi connectivity index (χ3n) is 6.30. The van der Waals surface area contributed by atoms with Gasteiger partial charge in [-0.1, -0.05) is 37.1 Å². The van der Waals surface area contributed by atoms with Crippen LogP contribution in [-0.2, 0) is 11.3 Å². The Kier molecular flexibility index (Phi) is 5.63. The molecule has 1 saturated heterocycles. The number of carbonyl (C=O) groups is 1. The topological polar surface area (TPSA) is 54.3 Å². The first kappa shape index (κ1) is 20.3. The number of rotatable bonds is 4. The van der Waals surface area contributed by atoms with Crippen LogP contribution in [0, 0.1) is 0 Å². The van der Waals surface area contributed by atoms with Crippen LogP contribution in [-0.4, -0.2) is 23.6 Å². The van der Waals surface area contributed by atoms with Gasteiger partial charge in [-0.05, 0) is 61.4 Å². The monoisotopic (exact) mass is 425 g/mol. The van der Waals surface area contributed by atoms with Crippen molar-refractivity contribution in [3.05, 3.63) is 83.0 Å². The van der Waals surface area contributed by atoms with Gasteiger partial charge < -0.3 is 14.8 Å². The van der Waals surface area contributed by atoms with E-state index in [1.165, 1.54) is 31.4 Å². The Morgan fingerprint density at radius 3 is 1.91 bits per heavy atom. The molecule has 5 heteroatoms. The van der Waals surface area contributed by atoms with Gasteiger partial charge in [-0.15, -0.1) is 0 Å². The van der Waals surface area contributed by atoms with Crippen LogP contribution in [0.4, 0.5) is 11.4 Å². The fourth-order valence-corrected chi connectivity index (χ4v) is 4.68. The van der Waals surface area contributed by atoms with Gasteiger partial charge in [0, 0.05) is 35.2 Å². The molecular weight excluding hydrogens is 398 g/mol. The van der Waals surface area contributed by atoms with E-state index in [1.807, 2.05) is 65.2 Å². The molecule has 0 saturated carbocycles. The number of benzene rings is 3. The van der Waals surface area contributed by atoms with E-state index in [1.54, 1.807) is 0 Å². The predicted molar refractivity (Wildman–Crippen MR) is 131 cm³/mol. The zero-order valence-corrected chi connectivity index (χ0v) is 18.1. The van der Waals surface area contributed by atoms with Gasteiger partial charge in [-0.2, -0.15) is 0 Å². The first-order valence-corrected chi connectivity index (χ1v) is 11.4. The summed E-state index contributed by atoms with van der Waals surface area (Å²) in [5.41, 5.74) is 3.52. The van der Waals surface area contributed by atoms with Gasteiger partial charge >= 0.3 is 0 Å². The lowest BCUT2D eigenvalue weighted by Crippen LogP contribution is -2.24. The van der Waals surface area contributed by atoms with Crippen LogP contribution in [0.15, 0.2) is 77.6 Å². The molecule has 162 valence electrons. The average Bonchev–Trinajstić information content (AvgIpc) is 3.12. The molecule has 5 rings (SSSR count). The lowest BCUT2D eigenvalue weighted by atomic mass is 10.1. The lowest BCUT2D eigenvalue weighted by Gasteiger charge is -2.22. The highest BCUT2D eigenvalue weighted by Gasteiger charge is 2.14. The zero-order valence-electron chi connectivity index (χ0n) is 18.1. The molecule has 0 unspecified atom stereocenters. The van der Waals surface area contributed by atoms with Crippen LogP contribution in [0.5, 0.6) is 0 Å². The Bertz CT molecular complexity index is 1260. The fourth-order valence-electron chi connectivity index (χ4n) is 4.68. The molecule has 5 nitrogen and oxygen atoms in total. The van der Waals surface area contributed by atoms with Gasteiger partial charge in [0.1, 0.15) is 6.54 Å². The van der Waals surface area contributed by atoms with E-state index < -0.39 is 0 Å². The second-order valence-corrected chi connectivity index (χ2v) is 8.45. The SMILES string of the molecule is O=C(Cn1c2ccccc2c(=O)c2ccccc21)Nc1ccc(N2CCCCCC2)cc1. The highest BCUT2D eigenvalue weighted by atomic mass is 16.2. The number of nitrogens with zero attached hydrogens (tertiary/aromatic N) is 2. The summed E-state index contributed by atoms with van der Waals surface area (Å²) < 4.78 is 1.92. The molecule has 1 aromatic heterocycles. The van der Waals surface area contributed by atoms with Crippen LogP contribution in [0.3, 0.4) is 0 Å². The Balaban J connectivity index is 1.39. The molecule has 0 spiro atoms. The zero-order chi connectivity index (χ0) is 21.9. The van der Waals surface area contributed by atoms with Crippen LogP contribution in [0.2, 0.25) is 0 Å². The number of aromatic nitrogens is 1. The fraction of sp³-hybridized carbons (Fsp3) is 0.259. The minimum Gasteiger partial charge on any atom is -0.372 e. The minimum atomic E-state index is -0.119. The molecule has 3 aromatic carbocycles. The van der Waals surface area contributed by atoms with Crippen LogP contribution < -0.4 is 15.6 Å². The number of hydrogen-bond donors (Lipinski definition) is 1. The molecule has 0 atom stereocenters. The van der Waals surface area contributed by atoms with E-state index >= 15 is 0 Å². The van der Waals surface area contributed by atoms with Crippen LogP contribution in [0.1, 0.15) is 25.7 Å². The third kappa shape index (κ3) is 3.98. The van der Waals surface area contributed by atoms with E-state index in [-0.39, 0.29) is 17.9 Å². The van der Waals surface area contributed by atoms with Crippen molar-refractivity contribution in [2.75, 3.05) is 23.3 Å². The van der Waals surface area contributed by atoms with E-state index in [4.69, 9.17) is 0 Å². The summed E-state index contributed by atoms with van der Waals surface area (Å²) in [6.07, 6.45) is 5.08. The summed E-state index contributed by atoms with van der Waals surface area (Å²) in [6, 6.07) is 23.1. The smallest absolute Gasteiger partial charge is 0.244 e. The van der Waals surface area contributed by atoms with E-state index in [9.17, 15) is 9.59 Å². The molecule has 0 aliphatic carbocycles. The largest absolute Gasteiger partial charge is 0.372 e. The first-order chi connectivity index (χ1) is 15.7. The number of nitrogens with one attached hydrogen (secondary N) is 1. The van der Waals surface area contributed by atoms with Crippen molar-refractivity contribution in [3.63, 3.8) is 0 Å². The van der Waals surface area contributed by atoms with E-state index in [0.29, 0.717) is 10.8 Å². The summed E-state index contributed by atoms with van der Waals surface area (Å²) in [5.74, 6) is -0.119. The van der Waals surface area contributed by atoms with Gasteiger partial charge in [0.2, 0.25) is 5.91 Å². The van der Waals surface area contributed by atoms with Gasteiger partial charge in [0.05, 0.1) is 11.0 Å². The molecule has 32 heavy (non-hydrogen) atoms. The summed E-state index contributed by atoms with van der Waals surface area (Å²) in [5, 5.41) is 4.27. The van der Waals surface area contributed by atoms with Crippen LogP contribution >= 0.6 is 0 Å². The summed E-state index contributed by atoms with van der Waals surface area (Å²) in [4.78, 5) is 28.3. The Hall–Kier alpha value is -3.60. The predicted octanol–water partition coefficient (Wildman–Crippen LogP) is 5.17. The number of para-hydroxylation sites is 2. The summed E-state index contributed by atoms with van der Waals surface area (Å²) in [6.45, 7) is 2.32. The molecule has 2 heterocycles. The number of pyridine rings is 1. The molecular formula is C27H27N3O2. The average molecular weight is 426 g/mol. The third-order valence-corrected chi connectivity index (χ3v) is 6.30. The van der Waals surface area contributed by atoms with E-state index in [0.717, 1.165) is 29.8 Å². The molecule has 0 radical (unpaired) electrons. The van der Waals surface area contributed by atoms with Crippen molar-refractivity contribution in [3.8, 4) is 0 Å². The molecule has 4 aromatic rings. The molecule has 1 N–H and O–H groups in total. The van der Waals surface area contributed by atoms with Crippen molar-refractivity contribution in [2.24, 2.45) is 0 Å². The van der Waals surface area contributed by atoms with Gasteiger partial charge in [0.15, 0.2) is 5.43 Å². The number of amides is 1. The van der Waals surface area contributed by atoms with E-state index in [2.05, 4.69) is 22.3 Å². The minimum absolute atomic E-state index is 0.00282. The second kappa shape index (κ2) is 8.87. The molecule has 1 fully saturated rings. The van der Waals surface area contributed by atoms with Crippen LogP contribution in [0.25, 0.3) is 21.8 Å². The maximum absolute atomic E-state index is 13.0. The summed E-state index contributed by atoms with van der Waals surface area (Å²) in [7, 11) is 0. The molecule has 0 bridgehead atoms. The number of carbonyl (C=O) groups excluding carboxylic acids is 1. The first-order valence-electron chi connectivity index (χ1n) is 11.4. The van der Waals surface area contributed by atoms with Crippen molar-refractivity contribution in [1.29, 1.82) is 0 Å². The van der Waals surface area contributed by atoms with Gasteiger partial charge in [-0.25, -0.2) is 0 Å².